The number of nitrogens with one attached hydrogen (secondary N) is 2. The summed E-state index contributed by atoms with van der Waals surface area (Å²) < 4.78 is 0. The predicted octanol–water partition coefficient (Wildman–Crippen LogP) is 1.14. The highest BCUT2D eigenvalue weighted by molar-refractivity contribution is 5.97. The van der Waals surface area contributed by atoms with Crippen LogP contribution in [0.1, 0.15) is 41.8 Å². The van der Waals surface area contributed by atoms with Gasteiger partial charge in [-0.2, -0.15) is 0 Å². The highest BCUT2D eigenvalue weighted by atomic mass is 16.3. The number of hydrogen-bond donors (Lipinski definition) is 5. The molecule has 190 valence electrons. The van der Waals surface area contributed by atoms with Gasteiger partial charge in [-0.25, -0.2) is 0 Å². The van der Waals surface area contributed by atoms with Crippen molar-refractivity contribution >= 4 is 17.7 Å². The molecule has 0 fully saturated rings. The van der Waals surface area contributed by atoms with E-state index >= 15 is 0 Å². The van der Waals surface area contributed by atoms with Crippen LogP contribution in [0.2, 0.25) is 0 Å². The van der Waals surface area contributed by atoms with E-state index in [-0.39, 0.29) is 30.8 Å². The quantitative estimate of drug-likeness (QED) is 0.306. The van der Waals surface area contributed by atoms with Crippen molar-refractivity contribution in [1.82, 2.24) is 15.5 Å². The Balaban J connectivity index is 2.30. The van der Waals surface area contributed by atoms with Gasteiger partial charge in [0, 0.05) is 24.2 Å². The maximum absolute atomic E-state index is 13.3. The van der Waals surface area contributed by atoms with Crippen molar-refractivity contribution in [3.8, 4) is 5.75 Å². The third kappa shape index (κ3) is 8.38. The first-order chi connectivity index (χ1) is 16.6. The molecule has 2 rings (SSSR count). The van der Waals surface area contributed by atoms with Crippen LogP contribution in [-0.2, 0) is 16.0 Å². The smallest absolute Gasteiger partial charge is 0.254 e. The van der Waals surface area contributed by atoms with Gasteiger partial charge >= 0.3 is 0 Å². The number of aliphatic hydroxyl groups excluding tert-OH is 2. The van der Waals surface area contributed by atoms with E-state index in [0.717, 1.165) is 16.9 Å². The van der Waals surface area contributed by atoms with Gasteiger partial charge in [-0.3, -0.25) is 14.4 Å². The molecular formula is C26H35N3O6. The van der Waals surface area contributed by atoms with E-state index in [1.807, 2.05) is 25.1 Å². The number of carbonyl (C=O) groups excluding carboxylic acids is 3. The molecule has 3 unspecified atom stereocenters. The molecule has 2 aromatic carbocycles. The molecule has 0 bridgehead atoms. The lowest BCUT2D eigenvalue weighted by Gasteiger charge is -2.30. The van der Waals surface area contributed by atoms with Crippen LogP contribution in [0.4, 0.5) is 0 Å². The van der Waals surface area contributed by atoms with Gasteiger partial charge in [-0.05, 0) is 44.4 Å². The molecule has 0 aliphatic heterocycles. The van der Waals surface area contributed by atoms with E-state index in [9.17, 15) is 29.7 Å². The monoisotopic (exact) mass is 485 g/mol. The Morgan fingerprint density at radius 3 is 2.34 bits per heavy atom. The summed E-state index contributed by atoms with van der Waals surface area (Å²) in [6.07, 6.45) is -1.75. The van der Waals surface area contributed by atoms with Gasteiger partial charge in [-0.15, -0.1) is 0 Å². The second kappa shape index (κ2) is 13.5. The van der Waals surface area contributed by atoms with Crippen molar-refractivity contribution in [2.24, 2.45) is 0 Å². The molecule has 5 N–H and O–H groups in total. The fourth-order valence-corrected chi connectivity index (χ4v) is 3.63. The van der Waals surface area contributed by atoms with Gasteiger partial charge in [-0.1, -0.05) is 43.3 Å². The minimum absolute atomic E-state index is 0.0462. The minimum Gasteiger partial charge on any atom is -0.508 e. The predicted molar refractivity (Wildman–Crippen MR) is 132 cm³/mol. The van der Waals surface area contributed by atoms with Crippen LogP contribution in [0.5, 0.6) is 5.75 Å². The fraction of sp³-hybridized carbons (Fsp3) is 0.423. The van der Waals surface area contributed by atoms with E-state index in [1.165, 1.54) is 25.1 Å². The second-order valence-electron chi connectivity index (χ2n) is 8.58. The Kier molecular flexibility index (Phi) is 10.7. The van der Waals surface area contributed by atoms with Crippen LogP contribution in [0.3, 0.4) is 0 Å². The summed E-state index contributed by atoms with van der Waals surface area (Å²) >= 11 is 0. The normalized spacial score (nSPS) is 13.4. The van der Waals surface area contributed by atoms with Crippen molar-refractivity contribution in [2.45, 2.75) is 51.9 Å². The summed E-state index contributed by atoms with van der Waals surface area (Å²) in [7, 11) is 0. The van der Waals surface area contributed by atoms with Gasteiger partial charge < -0.3 is 30.9 Å². The zero-order valence-electron chi connectivity index (χ0n) is 20.4. The first-order valence-electron chi connectivity index (χ1n) is 11.7. The van der Waals surface area contributed by atoms with Gasteiger partial charge in [0.25, 0.3) is 11.8 Å². The summed E-state index contributed by atoms with van der Waals surface area (Å²) in [4.78, 5) is 39.6. The summed E-state index contributed by atoms with van der Waals surface area (Å²) in [6.45, 7) is 4.91. The van der Waals surface area contributed by atoms with E-state index in [2.05, 4.69) is 10.6 Å². The average Bonchev–Trinajstić information content (AvgIpc) is 2.83. The Hall–Kier alpha value is -3.43. The van der Waals surface area contributed by atoms with E-state index in [1.54, 1.807) is 19.1 Å². The fourth-order valence-electron chi connectivity index (χ4n) is 3.63. The number of carbonyl (C=O) groups is 3. The summed E-state index contributed by atoms with van der Waals surface area (Å²) in [5.74, 6) is -1.80. The maximum Gasteiger partial charge on any atom is 0.254 e. The maximum atomic E-state index is 13.3. The molecular weight excluding hydrogens is 450 g/mol. The average molecular weight is 486 g/mol. The number of hydrogen-bond acceptors (Lipinski definition) is 6. The van der Waals surface area contributed by atoms with Crippen molar-refractivity contribution in [2.75, 3.05) is 19.6 Å². The molecule has 3 atom stereocenters. The number of phenolic OH excluding ortho intramolecular Hbond substituents is 1. The van der Waals surface area contributed by atoms with Gasteiger partial charge in [0.15, 0.2) is 6.10 Å². The molecule has 0 aromatic heterocycles. The number of aromatic hydroxyl groups is 1. The molecule has 9 nitrogen and oxygen atoms in total. The number of amides is 3. The van der Waals surface area contributed by atoms with Crippen molar-refractivity contribution < 1.29 is 29.7 Å². The van der Waals surface area contributed by atoms with Crippen LogP contribution in [0, 0.1) is 6.92 Å². The lowest BCUT2D eigenvalue weighted by atomic mass is 9.98. The van der Waals surface area contributed by atoms with Crippen LogP contribution in [-0.4, -0.2) is 75.8 Å². The summed E-state index contributed by atoms with van der Waals surface area (Å²) in [6, 6.07) is 12.6. The number of aliphatic hydroxyl groups is 2. The molecule has 2 aromatic rings. The molecule has 9 heteroatoms. The highest BCUT2D eigenvalue weighted by Gasteiger charge is 2.33. The zero-order chi connectivity index (χ0) is 26.0. The Morgan fingerprint density at radius 2 is 1.71 bits per heavy atom. The summed E-state index contributed by atoms with van der Waals surface area (Å²) in [5.41, 5.74) is 1.36. The lowest BCUT2D eigenvalue weighted by Crippen LogP contribution is -2.55. The Labute approximate surface area is 205 Å². The molecule has 3 amide bonds. The third-order valence-corrected chi connectivity index (χ3v) is 5.50. The number of phenols is 1. The largest absolute Gasteiger partial charge is 0.508 e. The van der Waals surface area contributed by atoms with Gasteiger partial charge in [0.05, 0.1) is 18.7 Å². The van der Waals surface area contributed by atoms with Crippen LogP contribution in [0.25, 0.3) is 0 Å². The summed E-state index contributed by atoms with van der Waals surface area (Å²) in [5, 5.41) is 36.3. The molecule has 0 heterocycles. The molecule has 0 saturated carbocycles. The molecule has 0 radical (unpaired) electrons. The van der Waals surface area contributed by atoms with Crippen molar-refractivity contribution in [1.29, 1.82) is 0 Å². The minimum atomic E-state index is -1.69. The Morgan fingerprint density at radius 1 is 1.03 bits per heavy atom. The Bertz CT molecular complexity index is 996. The number of benzene rings is 2. The van der Waals surface area contributed by atoms with E-state index in [0.29, 0.717) is 12.1 Å². The van der Waals surface area contributed by atoms with Crippen LogP contribution in [0.15, 0.2) is 48.5 Å². The first-order valence-corrected chi connectivity index (χ1v) is 11.7. The van der Waals surface area contributed by atoms with Crippen LogP contribution >= 0.6 is 0 Å². The van der Waals surface area contributed by atoms with Crippen molar-refractivity contribution in [3.63, 3.8) is 0 Å². The topological polar surface area (TPSA) is 139 Å². The molecule has 35 heavy (non-hydrogen) atoms. The number of nitrogens with zero attached hydrogens (tertiary/aromatic N) is 1. The molecule has 0 aliphatic rings. The van der Waals surface area contributed by atoms with Gasteiger partial charge in [0.2, 0.25) is 5.91 Å². The van der Waals surface area contributed by atoms with Crippen molar-refractivity contribution in [3.05, 3.63) is 65.2 Å². The highest BCUT2D eigenvalue weighted by Crippen LogP contribution is 2.20. The van der Waals surface area contributed by atoms with E-state index in [4.69, 9.17) is 0 Å². The van der Waals surface area contributed by atoms with E-state index < -0.39 is 36.0 Å². The van der Waals surface area contributed by atoms with Crippen LogP contribution < -0.4 is 10.6 Å². The first kappa shape index (κ1) is 27.8. The molecule has 0 saturated heterocycles. The number of rotatable bonds is 12. The molecule has 0 aliphatic carbocycles. The standard InChI is InChI=1S/C26H35N3O6/c1-4-13-27-23(32)16-29(15-17(2)30)26(35)24(33)21(14-19-9-6-5-7-10-19)28-25(34)20-11-8-12-22(31)18(20)3/h5-12,17,21,24,30-31,33H,4,13-16H2,1-3H3,(H,27,32)(H,28,34). The second-order valence-corrected chi connectivity index (χ2v) is 8.58. The SMILES string of the molecule is CCCNC(=O)CN(CC(C)O)C(=O)C(O)C(Cc1ccccc1)NC(=O)c1cccc(O)c1C. The zero-order valence-corrected chi connectivity index (χ0v) is 20.4. The molecule has 0 spiro atoms. The van der Waals surface area contributed by atoms with Gasteiger partial charge in [0.1, 0.15) is 5.75 Å². The lowest BCUT2D eigenvalue weighted by molar-refractivity contribution is -0.145. The third-order valence-electron chi connectivity index (χ3n) is 5.50.